The van der Waals surface area contributed by atoms with Gasteiger partial charge in [-0.15, -0.1) is 0 Å². The zero-order valence-electron chi connectivity index (χ0n) is 15.5. The first-order chi connectivity index (χ1) is 13.0. The van der Waals surface area contributed by atoms with E-state index in [-0.39, 0.29) is 10.9 Å². The van der Waals surface area contributed by atoms with E-state index < -0.39 is 10.0 Å². The Balaban J connectivity index is 1.75. The van der Waals surface area contributed by atoms with Crippen LogP contribution < -0.4 is 4.72 Å². The van der Waals surface area contributed by atoms with E-state index in [1.54, 1.807) is 12.1 Å². The molecule has 0 radical (unpaired) electrons. The Morgan fingerprint density at radius 1 is 1.00 bits per heavy atom. The van der Waals surface area contributed by atoms with Gasteiger partial charge in [0, 0.05) is 43.8 Å². The molecule has 0 aromatic heterocycles. The van der Waals surface area contributed by atoms with Crippen molar-refractivity contribution < 1.29 is 8.42 Å². The Hall–Kier alpha value is -1.44. The van der Waals surface area contributed by atoms with Crippen molar-refractivity contribution >= 4 is 21.6 Å². The van der Waals surface area contributed by atoms with Crippen molar-refractivity contribution in [3.8, 4) is 0 Å². The van der Waals surface area contributed by atoms with Crippen molar-refractivity contribution in [3.05, 3.63) is 65.2 Å². The smallest absolute Gasteiger partial charge is 0.240 e. The fraction of sp³-hybridized carbons (Fsp3) is 0.400. The van der Waals surface area contributed by atoms with Gasteiger partial charge in [-0.25, -0.2) is 13.1 Å². The molecule has 0 bridgehead atoms. The Labute approximate surface area is 167 Å². The van der Waals surface area contributed by atoms with Crippen LogP contribution in [0.5, 0.6) is 0 Å². The third kappa shape index (κ3) is 5.30. The Bertz CT molecular complexity index is 820. The van der Waals surface area contributed by atoms with E-state index in [1.807, 2.05) is 18.2 Å². The molecule has 1 aliphatic rings. The average Bonchev–Trinajstić information content (AvgIpc) is 2.70. The molecule has 5 nitrogen and oxygen atoms in total. The van der Waals surface area contributed by atoms with Gasteiger partial charge in [-0.05, 0) is 36.4 Å². The number of rotatable bonds is 7. The zero-order chi connectivity index (χ0) is 19.3. The quantitative estimate of drug-likeness (QED) is 0.766. The summed E-state index contributed by atoms with van der Waals surface area (Å²) in [5.41, 5.74) is 1.13. The number of halogens is 1. The second kappa shape index (κ2) is 9.17. The summed E-state index contributed by atoms with van der Waals surface area (Å²) in [5.74, 6) is 0. The van der Waals surface area contributed by atoms with Gasteiger partial charge in [0.1, 0.15) is 0 Å². The molecule has 27 heavy (non-hydrogen) atoms. The van der Waals surface area contributed by atoms with Crippen LogP contribution in [0.1, 0.15) is 18.5 Å². The zero-order valence-corrected chi connectivity index (χ0v) is 17.1. The van der Waals surface area contributed by atoms with Gasteiger partial charge >= 0.3 is 0 Å². The average molecular weight is 408 g/mol. The third-order valence-electron chi connectivity index (χ3n) is 5.07. The van der Waals surface area contributed by atoms with Gasteiger partial charge in [-0.1, -0.05) is 48.9 Å². The first-order valence-corrected chi connectivity index (χ1v) is 11.1. The largest absolute Gasteiger partial charge is 0.301 e. The fourth-order valence-electron chi connectivity index (χ4n) is 3.41. The standard InChI is InChI=1S/C20H26ClN3O2S/c1-2-23-12-14-24(15-13-23)20(17-6-4-3-5-7-17)16-22-27(25,26)19-10-8-18(21)9-11-19/h3-11,20,22H,2,12-16H2,1H3/t20-/m1/s1. The van der Waals surface area contributed by atoms with Crippen LogP contribution in [0.3, 0.4) is 0 Å². The second-order valence-corrected chi connectivity index (χ2v) is 8.91. The van der Waals surface area contributed by atoms with Crippen molar-refractivity contribution in [2.24, 2.45) is 0 Å². The Kier molecular flexibility index (Phi) is 6.89. The fourth-order valence-corrected chi connectivity index (χ4v) is 4.57. The third-order valence-corrected chi connectivity index (χ3v) is 6.76. The highest BCUT2D eigenvalue weighted by Gasteiger charge is 2.26. The Morgan fingerprint density at radius 2 is 1.63 bits per heavy atom. The maximum Gasteiger partial charge on any atom is 0.240 e. The van der Waals surface area contributed by atoms with Crippen LogP contribution in [0, 0.1) is 0 Å². The van der Waals surface area contributed by atoms with Gasteiger partial charge < -0.3 is 4.90 Å². The predicted molar refractivity (Wildman–Crippen MR) is 110 cm³/mol. The van der Waals surface area contributed by atoms with E-state index in [9.17, 15) is 8.42 Å². The molecule has 0 aliphatic carbocycles. The minimum atomic E-state index is -3.58. The van der Waals surface area contributed by atoms with Crippen LogP contribution in [-0.2, 0) is 10.0 Å². The molecule has 1 aliphatic heterocycles. The summed E-state index contributed by atoms with van der Waals surface area (Å²) in [7, 11) is -3.58. The lowest BCUT2D eigenvalue weighted by atomic mass is 10.0. The highest BCUT2D eigenvalue weighted by Crippen LogP contribution is 2.23. The van der Waals surface area contributed by atoms with E-state index in [0.717, 1.165) is 38.3 Å². The van der Waals surface area contributed by atoms with Gasteiger partial charge in [-0.3, -0.25) is 4.90 Å². The second-order valence-electron chi connectivity index (χ2n) is 6.70. The molecular formula is C20H26ClN3O2S. The molecule has 0 amide bonds. The predicted octanol–water partition coefficient (Wildman–Crippen LogP) is 3.00. The summed E-state index contributed by atoms with van der Waals surface area (Å²) in [6.45, 7) is 7.42. The maximum atomic E-state index is 12.7. The van der Waals surface area contributed by atoms with Gasteiger partial charge in [0.25, 0.3) is 0 Å². The van der Waals surface area contributed by atoms with Crippen molar-refractivity contribution in [1.29, 1.82) is 0 Å². The van der Waals surface area contributed by atoms with Crippen LogP contribution in [0.25, 0.3) is 0 Å². The van der Waals surface area contributed by atoms with E-state index in [1.165, 1.54) is 12.1 Å². The SMILES string of the molecule is CCN1CCN([C@H](CNS(=O)(=O)c2ccc(Cl)cc2)c2ccccc2)CC1. The molecule has 7 heteroatoms. The number of likely N-dealkylation sites (N-methyl/N-ethyl adjacent to an activating group) is 1. The number of hydrogen-bond acceptors (Lipinski definition) is 4. The molecule has 0 unspecified atom stereocenters. The Morgan fingerprint density at radius 3 is 2.22 bits per heavy atom. The lowest BCUT2D eigenvalue weighted by Gasteiger charge is -2.39. The molecule has 2 aromatic rings. The highest BCUT2D eigenvalue weighted by atomic mass is 35.5. The molecule has 1 fully saturated rings. The molecule has 0 saturated carbocycles. The van der Waals surface area contributed by atoms with Crippen molar-refractivity contribution in [2.45, 2.75) is 17.9 Å². The van der Waals surface area contributed by atoms with Crippen molar-refractivity contribution in [2.75, 3.05) is 39.3 Å². The van der Waals surface area contributed by atoms with Gasteiger partial charge in [-0.2, -0.15) is 0 Å². The van der Waals surface area contributed by atoms with E-state index >= 15 is 0 Å². The van der Waals surface area contributed by atoms with Gasteiger partial charge in [0.05, 0.1) is 4.90 Å². The maximum absolute atomic E-state index is 12.7. The molecule has 3 rings (SSSR count). The molecule has 1 atom stereocenters. The van der Waals surface area contributed by atoms with Crippen LogP contribution in [0.15, 0.2) is 59.5 Å². The first kappa shape index (κ1) is 20.3. The monoisotopic (exact) mass is 407 g/mol. The minimum absolute atomic E-state index is 0.00674. The molecule has 1 N–H and O–H groups in total. The number of benzene rings is 2. The summed E-state index contributed by atoms with van der Waals surface area (Å²) in [4.78, 5) is 5.01. The molecule has 0 spiro atoms. The van der Waals surface area contributed by atoms with E-state index in [4.69, 9.17) is 11.6 Å². The number of nitrogens with zero attached hydrogens (tertiary/aromatic N) is 2. The van der Waals surface area contributed by atoms with Crippen molar-refractivity contribution in [1.82, 2.24) is 14.5 Å². The number of piperazine rings is 1. The first-order valence-electron chi connectivity index (χ1n) is 9.26. The van der Waals surface area contributed by atoms with Crippen molar-refractivity contribution in [3.63, 3.8) is 0 Å². The number of sulfonamides is 1. The van der Waals surface area contributed by atoms with Gasteiger partial charge in [0.2, 0.25) is 10.0 Å². The summed E-state index contributed by atoms with van der Waals surface area (Å²) in [6, 6.07) is 16.4. The summed E-state index contributed by atoms with van der Waals surface area (Å²) in [6.07, 6.45) is 0. The van der Waals surface area contributed by atoms with Gasteiger partial charge in [0.15, 0.2) is 0 Å². The number of hydrogen-bond donors (Lipinski definition) is 1. The summed E-state index contributed by atoms with van der Waals surface area (Å²) < 4.78 is 28.1. The molecule has 146 valence electrons. The van der Waals surface area contributed by atoms with Crippen LogP contribution >= 0.6 is 11.6 Å². The van der Waals surface area contributed by atoms with E-state index in [2.05, 4.69) is 33.6 Å². The van der Waals surface area contributed by atoms with Crippen LogP contribution in [-0.4, -0.2) is 57.5 Å². The number of nitrogens with one attached hydrogen (secondary N) is 1. The summed E-state index contributed by atoms with van der Waals surface area (Å²) in [5, 5.41) is 0.518. The topological polar surface area (TPSA) is 52.6 Å². The highest BCUT2D eigenvalue weighted by molar-refractivity contribution is 7.89. The molecule has 1 saturated heterocycles. The summed E-state index contributed by atoms with van der Waals surface area (Å²) >= 11 is 5.87. The van der Waals surface area contributed by atoms with Crippen LogP contribution in [0.4, 0.5) is 0 Å². The molecular weight excluding hydrogens is 382 g/mol. The molecule has 2 aromatic carbocycles. The normalized spacial score (nSPS) is 17.7. The lowest BCUT2D eigenvalue weighted by molar-refractivity contribution is 0.100. The molecule has 1 heterocycles. The van der Waals surface area contributed by atoms with E-state index in [0.29, 0.717) is 11.6 Å². The lowest BCUT2D eigenvalue weighted by Crippen LogP contribution is -2.49. The minimum Gasteiger partial charge on any atom is -0.301 e. The van der Waals surface area contributed by atoms with Crippen LogP contribution in [0.2, 0.25) is 5.02 Å².